The van der Waals surface area contributed by atoms with Crippen molar-refractivity contribution in [2.45, 2.75) is 58.2 Å². The van der Waals surface area contributed by atoms with Crippen molar-refractivity contribution < 1.29 is 0 Å². The van der Waals surface area contributed by atoms with E-state index in [0.717, 1.165) is 0 Å². The van der Waals surface area contributed by atoms with Crippen LogP contribution in [0.1, 0.15) is 13.3 Å². The minimum atomic E-state index is -1.15. The third-order valence-electron chi connectivity index (χ3n) is 2.08. The van der Waals surface area contributed by atoms with Gasteiger partial charge < -0.3 is 0 Å². The van der Waals surface area contributed by atoms with E-state index in [0.29, 0.717) is 5.54 Å². The van der Waals surface area contributed by atoms with Gasteiger partial charge in [0.1, 0.15) is 8.07 Å². The van der Waals surface area contributed by atoms with Gasteiger partial charge in [0.15, 0.2) is 0 Å². The van der Waals surface area contributed by atoms with Crippen LogP contribution in [0.15, 0.2) is 0 Å². The lowest BCUT2D eigenvalue weighted by molar-refractivity contribution is 0.939. The van der Waals surface area contributed by atoms with Crippen LogP contribution in [0.3, 0.4) is 0 Å². The van der Waals surface area contributed by atoms with Gasteiger partial charge in [-0.25, -0.2) is 0 Å². The average Bonchev–Trinajstić information content (AvgIpc) is 1.82. The molecule has 0 fully saturated rings. The summed E-state index contributed by atoms with van der Waals surface area (Å²) < 4.78 is 0. The van der Waals surface area contributed by atoms with E-state index in [-0.39, 0.29) is 0 Å². The molecule has 0 spiro atoms. The summed E-state index contributed by atoms with van der Waals surface area (Å²) in [6.45, 7) is 16.5. The average molecular weight is 212 g/mol. The van der Waals surface area contributed by atoms with Crippen molar-refractivity contribution in [3.63, 3.8) is 0 Å². The lowest BCUT2D eigenvalue weighted by Gasteiger charge is -2.23. The van der Waals surface area contributed by atoms with Gasteiger partial charge in [0.2, 0.25) is 0 Å². The maximum absolute atomic E-state index is 3.52. The first kappa shape index (κ1) is 13.0. The van der Waals surface area contributed by atoms with E-state index >= 15 is 0 Å². The quantitative estimate of drug-likeness (QED) is 0.480. The number of hydrogen-bond acceptors (Lipinski definition) is 0. The van der Waals surface area contributed by atoms with E-state index < -0.39 is 16.1 Å². The van der Waals surface area contributed by atoms with Crippen LogP contribution in [-0.2, 0) is 0 Å². The second kappa shape index (κ2) is 4.48. The van der Waals surface area contributed by atoms with Crippen LogP contribution in [0.25, 0.3) is 0 Å². The highest BCUT2D eigenvalue weighted by atomic mass is 28.3. The molecule has 1 atom stereocenters. The Morgan fingerprint density at radius 3 is 1.69 bits per heavy atom. The molecule has 0 aliphatic rings. The van der Waals surface area contributed by atoms with Gasteiger partial charge in [-0.3, -0.25) is 0 Å². The van der Waals surface area contributed by atoms with E-state index in [9.17, 15) is 0 Å². The van der Waals surface area contributed by atoms with Crippen molar-refractivity contribution in [3.8, 4) is 11.5 Å². The third-order valence-corrected chi connectivity index (χ3v) is 5.61. The van der Waals surface area contributed by atoms with Crippen molar-refractivity contribution in [3.05, 3.63) is 0 Å². The smallest absolute Gasteiger partial charge is 0.129 e. The van der Waals surface area contributed by atoms with Crippen LogP contribution in [0.4, 0.5) is 0 Å². The molecule has 0 aliphatic heterocycles. The van der Waals surface area contributed by atoms with Gasteiger partial charge >= 0.3 is 0 Å². The Hall–Kier alpha value is -0.00623. The Morgan fingerprint density at radius 1 is 1.00 bits per heavy atom. The summed E-state index contributed by atoms with van der Waals surface area (Å²) in [5, 5.41) is 0. The van der Waals surface area contributed by atoms with Crippen LogP contribution in [0, 0.1) is 11.5 Å². The zero-order chi connectivity index (χ0) is 10.7. The van der Waals surface area contributed by atoms with Crippen molar-refractivity contribution in [2.75, 3.05) is 0 Å². The maximum Gasteiger partial charge on any atom is 0.129 e. The maximum atomic E-state index is 3.52. The van der Waals surface area contributed by atoms with Crippen LogP contribution in [0.5, 0.6) is 0 Å². The molecule has 0 aromatic carbocycles. The highest BCUT2D eigenvalue weighted by Crippen LogP contribution is 2.24. The molecule has 0 aromatic rings. The van der Waals surface area contributed by atoms with Crippen molar-refractivity contribution in [2.24, 2.45) is 0 Å². The molecule has 0 unspecified atom stereocenters. The molecule has 0 nitrogen and oxygen atoms in total. The Labute approximate surface area is 86.1 Å². The molecule has 0 N–H and O–H groups in total. The summed E-state index contributed by atoms with van der Waals surface area (Å²) in [5.74, 6) is 3.52. The Morgan fingerprint density at radius 2 is 1.46 bits per heavy atom. The molecule has 0 radical (unpaired) electrons. The first-order valence-corrected chi connectivity index (χ1v) is 12.3. The fourth-order valence-electron chi connectivity index (χ4n) is 1.23. The second-order valence-electron chi connectivity index (χ2n) is 5.85. The molecule has 0 bridgehead atoms. The molecule has 76 valence electrons. The summed E-state index contributed by atoms with van der Waals surface area (Å²) in [7, 11) is -2.19. The lowest BCUT2D eigenvalue weighted by Crippen LogP contribution is -2.27. The first-order chi connectivity index (χ1) is 5.67. The normalized spacial score (nSPS) is 14.7. The summed E-state index contributed by atoms with van der Waals surface area (Å²) in [6, 6.07) is 0. The highest BCUT2D eigenvalue weighted by Gasteiger charge is 2.23. The minimum absolute atomic E-state index is 0.694. The Bertz CT molecular complexity index is 207. The highest BCUT2D eigenvalue weighted by molar-refractivity contribution is 6.84. The SMILES string of the molecule is CC[C@@H](C#C[Si](C)(C)C)[Si](C)(C)C. The van der Waals surface area contributed by atoms with Crippen LogP contribution < -0.4 is 0 Å². The summed E-state index contributed by atoms with van der Waals surface area (Å²) in [5.41, 5.74) is 4.20. The predicted molar refractivity (Wildman–Crippen MR) is 68.5 cm³/mol. The summed E-state index contributed by atoms with van der Waals surface area (Å²) >= 11 is 0. The van der Waals surface area contributed by atoms with Gasteiger partial charge in [-0.15, -0.1) is 11.5 Å². The van der Waals surface area contributed by atoms with E-state index in [1.54, 1.807) is 0 Å². The monoisotopic (exact) mass is 212 g/mol. The fourth-order valence-corrected chi connectivity index (χ4v) is 3.72. The molecule has 13 heavy (non-hydrogen) atoms. The second-order valence-corrected chi connectivity index (χ2v) is 16.0. The predicted octanol–water partition coefficient (Wildman–Crippen LogP) is 3.99. The summed E-state index contributed by atoms with van der Waals surface area (Å²) in [6.07, 6.45) is 1.23. The van der Waals surface area contributed by atoms with Crippen LogP contribution >= 0.6 is 0 Å². The number of rotatable bonds is 2. The van der Waals surface area contributed by atoms with Gasteiger partial charge in [-0.05, 0) is 6.42 Å². The minimum Gasteiger partial charge on any atom is -0.132 e. The lowest BCUT2D eigenvalue weighted by atomic mass is 10.3. The van der Waals surface area contributed by atoms with E-state index in [1.165, 1.54) is 6.42 Å². The van der Waals surface area contributed by atoms with Gasteiger partial charge in [0, 0.05) is 5.54 Å². The van der Waals surface area contributed by atoms with Crippen LogP contribution in [-0.4, -0.2) is 16.1 Å². The van der Waals surface area contributed by atoms with Gasteiger partial charge in [-0.1, -0.05) is 46.2 Å². The molecule has 0 saturated heterocycles. The molecule has 0 amide bonds. The molecule has 0 heterocycles. The zero-order valence-electron chi connectivity index (χ0n) is 10.3. The van der Waals surface area contributed by atoms with E-state index in [4.69, 9.17) is 0 Å². The molecule has 0 rings (SSSR count). The summed E-state index contributed by atoms with van der Waals surface area (Å²) in [4.78, 5) is 0. The molecular weight excluding hydrogens is 188 g/mol. The molecule has 0 aliphatic carbocycles. The van der Waals surface area contributed by atoms with Crippen molar-refractivity contribution >= 4 is 16.1 Å². The zero-order valence-corrected chi connectivity index (χ0v) is 12.3. The molecule has 0 saturated carbocycles. The standard InChI is InChI=1S/C11H24Si2/c1-8-11(13(5,6)7)9-10-12(2,3)4/h11H,8H2,1-7H3/t11-/m0/s1. The topological polar surface area (TPSA) is 0 Å². The largest absolute Gasteiger partial charge is 0.132 e. The Kier molecular flexibility index (Phi) is 4.48. The molecular formula is C11H24Si2. The van der Waals surface area contributed by atoms with Gasteiger partial charge in [-0.2, -0.15) is 0 Å². The van der Waals surface area contributed by atoms with Gasteiger partial charge in [0.25, 0.3) is 0 Å². The van der Waals surface area contributed by atoms with E-state index in [1.807, 2.05) is 0 Å². The van der Waals surface area contributed by atoms with Gasteiger partial charge in [0.05, 0.1) is 8.07 Å². The Balaban J connectivity index is 4.53. The number of hydrogen-bond donors (Lipinski definition) is 0. The molecule has 0 aromatic heterocycles. The first-order valence-electron chi connectivity index (χ1n) is 5.19. The fraction of sp³-hybridized carbons (Fsp3) is 0.818. The van der Waals surface area contributed by atoms with Crippen molar-refractivity contribution in [1.29, 1.82) is 0 Å². The van der Waals surface area contributed by atoms with Crippen LogP contribution in [0.2, 0.25) is 44.8 Å². The molecule has 2 heteroatoms. The van der Waals surface area contributed by atoms with E-state index in [2.05, 4.69) is 57.7 Å². The third kappa shape index (κ3) is 6.12. The van der Waals surface area contributed by atoms with Crippen molar-refractivity contribution in [1.82, 2.24) is 0 Å².